The van der Waals surface area contributed by atoms with E-state index in [1.54, 1.807) is 17.7 Å². The quantitative estimate of drug-likeness (QED) is 0.714. The fraction of sp³-hybridized carbons (Fsp3) is 0.409. The lowest BCUT2D eigenvalue weighted by molar-refractivity contribution is -0.117. The van der Waals surface area contributed by atoms with E-state index in [2.05, 4.69) is 27.1 Å². The molecule has 0 bridgehead atoms. The van der Waals surface area contributed by atoms with E-state index in [4.69, 9.17) is 0 Å². The Balaban J connectivity index is 1.42. The van der Waals surface area contributed by atoms with E-state index in [0.717, 1.165) is 53.9 Å². The van der Waals surface area contributed by atoms with Crippen LogP contribution in [0.2, 0.25) is 0 Å². The van der Waals surface area contributed by atoms with Gasteiger partial charge in [0.25, 0.3) is 0 Å². The van der Waals surface area contributed by atoms with Gasteiger partial charge in [0.15, 0.2) is 0 Å². The van der Waals surface area contributed by atoms with Gasteiger partial charge in [-0.05, 0) is 68.7 Å². The molecule has 28 heavy (non-hydrogen) atoms. The third-order valence-electron chi connectivity index (χ3n) is 6.02. The summed E-state index contributed by atoms with van der Waals surface area (Å²) in [6.07, 6.45) is 8.27. The fourth-order valence-corrected chi connectivity index (χ4v) is 5.85. The van der Waals surface area contributed by atoms with E-state index in [1.165, 1.54) is 28.8 Å². The van der Waals surface area contributed by atoms with Crippen LogP contribution in [0.15, 0.2) is 30.6 Å². The number of aromatic nitrogens is 2. The molecule has 1 aliphatic carbocycles. The van der Waals surface area contributed by atoms with Crippen molar-refractivity contribution in [3.05, 3.63) is 46.6 Å². The van der Waals surface area contributed by atoms with Gasteiger partial charge >= 0.3 is 0 Å². The third-order valence-corrected chi connectivity index (χ3v) is 7.33. The van der Waals surface area contributed by atoms with Crippen LogP contribution in [0.3, 0.4) is 0 Å². The molecule has 0 radical (unpaired) electrons. The molecule has 0 saturated carbocycles. The van der Waals surface area contributed by atoms with Crippen molar-refractivity contribution in [2.75, 3.05) is 16.8 Å². The molecule has 5 rings (SSSR count). The number of benzene rings is 1. The monoisotopic (exact) mass is 392 g/mol. The van der Waals surface area contributed by atoms with Gasteiger partial charge in [-0.1, -0.05) is 12.1 Å². The molecule has 0 spiro atoms. The molecule has 1 saturated heterocycles. The van der Waals surface area contributed by atoms with Crippen molar-refractivity contribution >= 4 is 39.0 Å². The number of anilines is 2. The molecular weight excluding hydrogens is 368 g/mol. The zero-order valence-electron chi connectivity index (χ0n) is 16.1. The van der Waals surface area contributed by atoms with Gasteiger partial charge in [-0.25, -0.2) is 9.97 Å². The number of carbonyl (C=O) groups excluding carboxylic acids is 1. The van der Waals surface area contributed by atoms with E-state index in [1.807, 2.05) is 24.3 Å². The number of hydrogen-bond acceptors (Lipinski definition) is 5. The van der Waals surface area contributed by atoms with Crippen LogP contribution in [-0.2, 0) is 17.6 Å². The standard InChI is InChI=1S/C22H24N4OS/c1-14-15-7-3-5-11-19(15)28-22(14)25-21(27)18-10-6-12-26(18)20-16-8-2-4-9-17(16)23-13-24-20/h2,4,8-9,13,18H,3,5-7,10-12H2,1H3,(H,25,27). The molecule has 3 heterocycles. The lowest BCUT2D eigenvalue weighted by atomic mass is 9.96. The van der Waals surface area contributed by atoms with Crippen molar-refractivity contribution in [2.24, 2.45) is 0 Å². The Labute approximate surface area is 168 Å². The highest BCUT2D eigenvalue weighted by Gasteiger charge is 2.33. The maximum absolute atomic E-state index is 13.2. The number of fused-ring (bicyclic) bond motifs is 2. The smallest absolute Gasteiger partial charge is 0.247 e. The first-order valence-corrected chi connectivity index (χ1v) is 10.9. The van der Waals surface area contributed by atoms with Crippen LogP contribution in [-0.4, -0.2) is 28.5 Å². The highest BCUT2D eigenvalue weighted by molar-refractivity contribution is 7.16. The van der Waals surface area contributed by atoms with E-state index in [-0.39, 0.29) is 11.9 Å². The number of nitrogens with one attached hydrogen (secondary N) is 1. The third kappa shape index (κ3) is 2.96. The number of rotatable bonds is 3. The van der Waals surface area contributed by atoms with Crippen molar-refractivity contribution < 1.29 is 4.79 Å². The summed E-state index contributed by atoms with van der Waals surface area (Å²) >= 11 is 1.77. The second-order valence-electron chi connectivity index (χ2n) is 7.72. The predicted molar refractivity (Wildman–Crippen MR) is 114 cm³/mol. The van der Waals surface area contributed by atoms with Crippen LogP contribution in [0.4, 0.5) is 10.8 Å². The summed E-state index contributed by atoms with van der Waals surface area (Å²) in [7, 11) is 0. The first-order chi connectivity index (χ1) is 13.7. The summed E-state index contributed by atoms with van der Waals surface area (Å²) in [5.41, 5.74) is 3.65. The molecule has 1 fully saturated rings. The topological polar surface area (TPSA) is 58.1 Å². The van der Waals surface area contributed by atoms with Crippen molar-refractivity contribution in [1.29, 1.82) is 0 Å². The average molecular weight is 393 g/mol. The first-order valence-electron chi connectivity index (χ1n) is 10.1. The average Bonchev–Trinajstić information content (AvgIpc) is 3.33. The van der Waals surface area contributed by atoms with Crippen LogP contribution >= 0.6 is 11.3 Å². The molecule has 5 nitrogen and oxygen atoms in total. The maximum atomic E-state index is 13.2. The highest BCUT2D eigenvalue weighted by atomic mass is 32.1. The Bertz CT molecular complexity index is 1040. The van der Waals surface area contributed by atoms with E-state index >= 15 is 0 Å². The number of carbonyl (C=O) groups is 1. The number of para-hydroxylation sites is 1. The largest absolute Gasteiger partial charge is 0.344 e. The molecule has 1 atom stereocenters. The maximum Gasteiger partial charge on any atom is 0.247 e. The number of nitrogens with zero attached hydrogens (tertiary/aromatic N) is 3. The number of hydrogen-bond donors (Lipinski definition) is 1. The minimum atomic E-state index is -0.183. The SMILES string of the molecule is Cc1c(NC(=O)C2CCCN2c2ncnc3ccccc23)sc2c1CCCC2. The molecule has 1 N–H and O–H groups in total. The lowest BCUT2D eigenvalue weighted by Crippen LogP contribution is -2.40. The zero-order chi connectivity index (χ0) is 19.1. The van der Waals surface area contributed by atoms with Crippen LogP contribution < -0.4 is 10.2 Å². The Morgan fingerprint density at radius 1 is 1.18 bits per heavy atom. The molecule has 6 heteroatoms. The summed E-state index contributed by atoms with van der Waals surface area (Å²) in [5, 5.41) is 5.30. The molecule has 1 unspecified atom stereocenters. The van der Waals surface area contributed by atoms with Gasteiger partial charge < -0.3 is 10.2 Å². The Morgan fingerprint density at radius 3 is 2.93 bits per heavy atom. The summed E-state index contributed by atoms with van der Waals surface area (Å²) in [6, 6.07) is 7.83. The molecule has 2 aliphatic rings. The van der Waals surface area contributed by atoms with E-state index in [0.29, 0.717) is 0 Å². The van der Waals surface area contributed by atoms with Gasteiger partial charge in [-0.15, -0.1) is 11.3 Å². The lowest BCUT2D eigenvalue weighted by Gasteiger charge is -2.25. The van der Waals surface area contributed by atoms with Crippen LogP contribution in [0.25, 0.3) is 10.9 Å². The summed E-state index contributed by atoms with van der Waals surface area (Å²) in [4.78, 5) is 25.7. The fourth-order valence-electron chi connectivity index (χ4n) is 4.55. The van der Waals surface area contributed by atoms with Gasteiger partial charge in [0.05, 0.1) is 10.5 Å². The molecule has 1 aromatic carbocycles. The second-order valence-corrected chi connectivity index (χ2v) is 8.83. The van der Waals surface area contributed by atoms with Crippen LogP contribution in [0, 0.1) is 6.92 Å². The highest BCUT2D eigenvalue weighted by Crippen LogP contribution is 2.38. The Morgan fingerprint density at radius 2 is 2.04 bits per heavy atom. The van der Waals surface area contributed by atoms with Gasteiger partial charge in [0, 0.05) is 16.8 Å². The second kappa shape index (κ2) is 7.17. The van der Waals surface area contributed by atoms with Gasteiger partial charge in [-0.2, -0.15) is 0 Å². The summed E-state index contributed by atoms with van der Waals surface area (Å²) in [5.74, 6) is 0.951. The molecule has 2 aromatic heterocycles. The molecule has 1 aliphatic heterocycles. The predicted octanol–water partition coefficient (Wildman–Crippen LogP) is 4.49. The van der Waals surface area contributed by atoms with Crippen LogP contribution in [0.5, 0.6) is 0 Å². The Kier molecular flexibility index (Phi) is 4.51. The summed E-state index contributed by atoms with van der Waals surface area (Å²) < 4.78 is 0. The minimum Gasteiger partial charge on any atom is -0.344 e. The van der Waals surface area contributed by atoms with Crippen molar-refractivity contribution in [3.8, 4) is 0 Å². The number of amides is 1. The Hall–Kier alpha value is -2.47. The normalized spacial score (nSPS) is 19.0. The summed E-state index contributed by atoms with van der Waals surface area (Å²) in [6.45, 7) is 3.00. The molecule has 144 valence electrons. The van der Waals surface area contributed by atoms with E-state index in [9.17, 15) is 4.79 Å². The van der Waals surface area contributed by atoms with Crippen molar-refractivity contribution in [2.45, 2.75) is 51.5 Å². The zero-order valence-corrected chi connectivity index (χ0v) is 16.9. The van der Waals surface area contributed by atoms with E-state index < -0.39 is 0 Å². The first kappa shape index (κ1) is 17.6. The molecule has 3 aromatic rings. The van der Waals surface area contributed by atoms with Crippen molar-refractivity contribution in [1.82, 2.24) is 9.97 Å². The van der Waals surface area contributed by atoms with Crippen molar-refractivity contribution in [3.63, 3.8) is 0 Å². The number of aryl methyl sites for hydroxylation is 1. The van der Waals surface area contributed by atoms with Gasteiger partial charge in [0.1, 0.15) is 18.2 Å². The molecular formula is C22H24N4OS. The van der Waals surface area contributed by atoms with Crippen LogP contribution in [0.1, 0.15) is 41.7 Å². The van der Waals surface area contributed by atoms with Gasteiger partial charge in [0.2, 0.25) is 5.91 Å². The van der Waals surface area contributed by atoms with Gasteiger partial charge in [-0.3, -0.25) is 4.79 Å². The minimum absolute atomic E-state index is 0.0851. The molecule has 1 amide bonds. The number of thiophene rings is 1.